The molecule has 6 nitrogen and oxygen atoms in total. The van der Waals surface area contributed by atoms with E-state index in [9.17, 15) is 8.42 Å². The van der Waals surface area contributed by atoms with Crippen molar-refractivity contribution in [1.82, 2.24) is 14.5 Å². The minimum atomic E-state index is -3.71. The lowest BCUT2D eigenvalue weighted by molar-refractivity contribution is 0.409. The molecule has 30 heavy (non-hydrogen) atoms. The van der Waals surface area contributed by atoms with Crippen LogP contribution in [0.3, 0.4) is 0 Å². The first-order valence-electron chi connectivity index (χ1n) is 9.94. The SMILES string of the molecule is COc1ccccc1CCNS(=O)(=O)c1cn(Cc2ccccc2)nc1C(C)(C)C. The number of hydrogen-bond acceptors (Lipinski definition) is 4. The highest BCUT2D eigenvalue weighted by atomic mass is 32.2. The van der Waals surface area contributed by atoms with Crippen molar-refractivity contribution in [2.75, 3.05) is 13.7 Å². The lowest BCUT2D eigenvalue weighted by atomic mass is 9.92. The maximum atomic E-state index is 13.1. The van der Waals surface area contributed by atoms with Gasteiger partial charge in [-0.1, -0.05) is 69.3 Å². The zero-order chi connectivity index (χ0) is 21.8. The van der Waals surface area contributed by atoms with E-state index in [1.54, 1.807) is 18.0 Å². The van der Waals surface area contributed by atoms with Gasteiger partial charge in [0.25, 0.3) is 0 Å². The number of sulfonamides is 1. The summed E-state index contributed by atoms with van der Waals surface area (Å²) in [5, 5.41) is 4.61. The second-order valence-electron chi connectivity index (χ2n) is 8.23. The maximum Gasteiger partial charge on any atom is 0.244 e. The van der Waals surface area contributed by atoms with Crippen LogP contribution in [-0.4, -0.2) is 31.9 Å². The monoisotopic (exact) mass is 427 g/mol. The van der Waals surface area contributed by atoms with Crippen molar-refractivity contribution < 1.29 is 13.2 Å². The van der Waals surface area contributed by atoms with Crippen molar-refractivity contribution in [1.29, 1.82) is 0 Å². The summed E-state index contributed by atoms with van der Waals surface area (Å²) >= 11 is 0. The zero-order valence-electron chi connectivity index (χ0n) is 17.9. The molecule has 1 heterocycles. The summed E-state index contributed by atoms with van der Waals surface area (Å²) in [6, 6.07) is 17.5. The van der Waals surface area contributed by atoms with Crippen LogP contribution < -0.4 is 9.46 Å². The van der Waals surface area contributed by atoms with Gasteiger partial charge >= 0.3 is 0 Å². The van der Waals surface area contributed by atoms with Crippen molar-refractivity contribution in [2.45, 2.75) is 44.0 Å². The minimum Gasteiger partial charge on any atom is -0.496 e. The Labute approximate surface area is 178 Å². The van der Waals surface area contributed by atoms with Crippen molar-refractivity contribution in [2.24, 2.45) is 0 Å². The van der Waals surface area contributed by atoms with Gasteiger partial charge < -0.3 is 4.74 Å². The molecule has 0 radical (unpaired) electrons. The molecule has 0 aliphatic rings. The fourth-order valence-corrected chi connectivity index (χ4v) is 4.67. The van der Waals surface area contributed by atoms with Crippen LogP contribution in [-0.2, 0) is 28.4 Å². The maximum absolute atomic E-state index is 13.1. The number of benzene rings is 2. The van der Waals surface area contributed by atoms with Crippen LogP contribution in [0.15, 0.2) is 65.7 Å². The molecular formula is C23H29N3O3S. The number of rotatable bonds is 8. The summed E-state index contributed by atoms with van der Waals surface area (Å²) in [5.74, 6) is 0.753. The molecule has 0 unspecified atom stereocenters. The smallest absolute Gasteiger partial charge is 0.244 e. The fraction of sp³-hybridized carbons (Fsp3) is 0.348. The molecule has 0 spiro atoms. The molecule has 3 aromatic rings. The number of nitrogens with zero attached hydrogens (tertiary/aromatic N) is 2. The van der Waals surface area contributed by atoms with Gasteiger partial charge in [-0.05, 0) is 23.6 Å². The largest absolute Gasteiger partial charge is 0.496 e. The van der Waals surface area contributed by atoms with Gasteiger partial charge in [-0.25, -0.2) is 13.1 Å². The van der Waals surface area contributed by atoms with Crippen LogP contribution in [0.25, 0.3) is 0 Å². The Morgan fingerprint density at radius 1 is 1.03 bits per heavy atom. The van der Waals surface area contributed by atoms with Crippen LogP contribution >= 0.6 is 0 Å². The van der Waals surface area contributed by atoms with Gasteiger partial charge in [0.15, 0.2) is 0 Å². The average molecular weight is 428 g/mol. The second-order valence-corrected chi connectivity index (χ2v) is 9.97. The van der Waals surface area contributed by atoms with E-state index in [0.717, 1.165) is 16.9 Å². The fourth-order valence-electron chi connectivity index (χ4n) is 3.28. The van der Waals surface area contributed by atoms with Crippen LogP contribution in [0.2, 0.25) is 0 Å². The van der Waals surface area contributed by atoms with Crippen LogP contribution in [0.5, 0.6) is 5.75 Å². The highest BCUT2D eigenvalue weighted by Crippen LogP contribution is 2.28. The molecule has 1 N–H and O–H groups in total. The normalized spacial score (nSPS) is 12.1. The first-order valence-corrected chi connectivity index (χ1v) is 11.4. The Morgan fingerprint density at radius 2 is 1.70 bits per heavy atom. The molecule has 0 saturated carbocycles. The van der Waals surface area contributed by atoms with E-state index < -0.39 is 15.4 Å². The van der Waals surface area contributed by atoms with Crippen molar-refractivity contribution in [3.63, 3.8) is 0 Å². The number of ether oxygens (including phenoxy) is 1. The number of para-hydroxylation sites is 1. The highest BCUT2D eigenvalue weighted by molar-refractivity contribution is 7.89. The predicted octanol–water partition coefficient (Wildman–Crippen LogP) is 3.76. The lowest BCUT2D eigenvalue weighted by Gasteiger charge is -2.17. The van der Waals surface area contributed by atoms with Gasteiger partial charge in [0.1, 0.15) is 10.6 Å². The minimum absolute atomic E-state index is 0.228. The van der Waals surface area contributed by atoms with E-state index in [2.05, 4.69) is 9.82 Å². The lowest BCUT2D eigenvalue weighted by Crippen LogP contribution is -2.28. The molecule has 7 heteroatoms. The van der Waals surface area contributed by atoms with Gasteiger partial charge in [0, 0.05) is 18.2 Å². The van der Waals surface area contributed by atoms with Crippen molar-refractivity contribution >= 4 is 10.0 Å². The quantitative estimate of drug-likeness (QED) is 0.594. The summed E-state index contributed by atoms with van der Waals surface area (Å²) < 4.78 is 36.0. The highest BCUT2D eigenvalue weighted by Gasteiger charge is 2.29. The van der Waals surface area contributed by atoms with Gasteiger partial charge in [-0.15, -0.1) is 0 Å². The predicted molar refractivity (Wildman–Crippen MR) is 118 cm³/mol. The summed E-state index contributed by atoms with van der Waals surface area (Å²) in [7, 11) is -2.10. The van der Waals surface area contributed by atoms with E-state index >= 15 is 0 Å². The third kappa shape index (κ3) is 5.29. The molecule has 0 aliphatic carbocycles. The van der Waals surface area contributed by atoms with E-state index in [1.807, 2.05) is 75.4 Å². The Kier molecular flexibility index (Phi) is 6.63. The topological polar surface area (TPSA) is 73.2 Å². The Bertz CT molecular complexity index is 1080. The molecule has 3 rings (SSSR count). The number of nitrogens with one attached hydrogen (secondary N) is 1. The van der Waals surface area contributed by atoms with E-state index in [-0.39, 0.29) is 11.4 Å². The second kappa shape index (κ2) is 9.02. The molecule has 0 bridgehead atoms. The molecule has 0 atom stereocenters. The molecule has 1 aromatic heterocycles. The van der Waals surface area contributed by atoms with Gasteiger partial charge in [-0.3, -0.25) is 4.68 Å². The summed E-state index contributed by atoms with van der Waals surface area (Å²) in [6.07, 6.45) is 2.16. The van der Waals surface area contributed by atoms with Crippen LogP contribution in [0.1, 0.15) is 37.6 Å². The molecule has 2 aromatic carbocycles. The number of methoxy groups -OCH3 is 1. The van der Waals surface area contributed by atoms with Crippen LogP contribution in [0.4, 0.5) is 0 Å². The first kappa shape index (κ1) is 22.1. The third-order valence-corrected chi connectivity index (χ3v) is 6.26. The number of hydrogen-bond donors (Lipinski definition) is 1. The van der Waals surface area contributed by atoms with E-state index in [0.29, 0.717) is 18.7 Å². The third-order valence-electron chi connectivity index (χ3n) is 4.79. The Morgan fingerprint density at radius 3 is 2.37 bits per heavy atom. The average Bonchev–Trinajstić information content (AvgIpc) is 3.14. The van der Waals surface area contributed by atoms with E-state index in [4.69, 9.17) is 4.74 Å². The summed E-state index contributed by atoms with van der Waals surface area (Å²) in [4.78, 5) is 0.228. The summed E-state index contributed by atoms with van der Waals surface area (Å²) in [5.41, 5.74) is 2.17. The van der Waals surface area contributed by atoms with Crippen molar-refractivity contribution in [3.05, 3.63) is 77.6 Å². The molecule has 160 valence electrons. The molecular weight excluding hydrogens is 398 g/mol. The summed E-state index contributed by atoms with van der Waals surface area (Å²) in [6.45, 7) is 6.69. The van der Waals surface area contributed by atoms with E-state index in [1.165, 1.54) is 0 Å². The zero-order valence-corrected chi connectivity index (χ0v) is 18.7. The first-order chi connectivity index (χ1) is 14.2. The Hall–Kier alpha value is -2.64. The van der Waals surface area contributed by atoms with Gasteiger partial charge in [-0.2, -0.15) is 5.10 Å². The Balaban J connectivity index is 1.81. The standard InChI is InChI=1S/C23H29N3O3S/c1-23(2,3)22-21(17-26(25-22)16-18-10-6-5-7-11-18)30(27,28)24-15-14-19-12-8-9-13-20(19)29-4/h5-13,17,24H,14-16H2,1-4H3. The van der Waals surface area contributed by atoms with Gasteiger partial charge in [0.05, 0.1) is 19.3 Å². The van der Waals surface area contributed by atoms with Crippen LogP contribution in [0, 0.1) is 0 Å². The number of aromatic nitrogens is 2. The molecule has 0 aliphatic heterocycles. The van der Waals surface area contributed by atoms with Crippen molar-refractivity contribution in [3.8, 4) is 5.75 Å². The molecule has 0 saturated heterocycles. The molecule has 0 fully saturated rings. The molecule has 0 amide bonds. The van der Waals surface area contributed by atoms with Gasteiger partial charge in [0.2, 0.25) is 10.0 Å².